The number of piperidine rings is 1. The SMILES string of the molecule is O=C(c1ccc2oc(CCl)nc2c1)N1CCCCC1. The number of likely N-dealkylation sites (tertiary alicyclic amines) is 1. The molecular weight excluding hydrogens is 264 g/mol. The molecular formula is C14H15ClN2O2. The molecule has 2 aromatic rings. The molecule has 0 N–H and O–H groups in total. The standard InChI is InChI=1S/C14H15ClN2O2/c15-9-13-16-11-8-10(4-5-12(11)19-13)14(18)17-6-2-1-3-7-17/h4-5,8H,1-3,6-7,9H2. The van der Waals surface area contributed by atoms with Crippen LogP contribution in [-0.4, -0.2) is 28.9 Å². The highest BCUT2D eigenvalue weighted by molar-refractivity contribution is 6.16. The number of halogens is 1. The summed E-state index contributed by atoms with van der Waals surface area (Å²) in [6.45, 7) is 1.70. The van der Waals surface area contributed by atoms with Crippen LogP contribution in [-0.2, 0) is 5.88 Å². The van der Waals surface area contributed by atoms with Gasteiger partial charge in [-0.3, -0.25) is 4.79 Å². The Morgan fingerprint density at radius 1 is 1.32 bits per heavy atom. The molecule has 1 amide bonds. The first kappa shape index (κ1) is 12.5. The fraction of sp³-hybridized carbons (Fsp3) is 0.429. The Kier molecular flexibility index (Phi) is 3.42. The molecule has 0 radical (unpaired) electrons. The zero-order valence-corrected chi connectivity index (χ0v) is 11.3. The number of amides is 1. The highest BCUT2D eigenvalue weighted by Crippen LogP contribution is 2.20. The lowest BCUT2D eigenvalue weighted by Crippen LogP contribution is -2.35. The molecule has 100 valence electrons. The molecule has 1 saturated heterocycles. The lowest BCUT2D eigenvalue weighted by molar-refractivity contribution is 0.0724. The monoisotopic (exact) mass is 278 g/mol. The Labute approximate surface area is 116 Å². The molecule has 0 aliphatic carbocycles. The number of aromatic nitrogens is 1. The van der Waals surface area contributed by atoms with Crippen molar-refractivity contribution < 1.29 is 9.21 Å². The van der Waals surface area contributed by atoms with Gasteiger partial charge < -0.3 is 9.32 Å². The van der Waals surface area contributed by atoms with Gasteiger partial charge in [0.2, 0.25) is 5.89 Å². The van der Waals surface area contributed by atoms with E-state index in [4.69, 9.17) is 16.0 Å². The summed E-state index contributed by atoms with van der Waals surface area (Å²) in [6, 6.07) is 5.36. The maximum atomic E-state index is 12.4. The van der Waals surface area contributed by atoms with Crippen molar-refractivity contribution in [3.05, 3.63) is 29.7 Å². The number of carbonyl (C=O) groups excluding carboxylic acids is 1. The summed E-state index contributed by atoms with van der Waals surface area (Å²) in [5.41, 5.74) is 2.04. The predicted molar refractivity (Wildman–Crippen MR) is 73.3 cm³/mol. The molecule has 1 aromatic heterocycles. The molecule has 0 bridgehead atoms. The first-order valence-corrected chi connectivity index (χ1v) is 7.06. The maximum absolute atomic E-state index is 12.4. The van der Waals surface area contributed by atoms with Crippen LogP contribution in [0.5, 0.6) is 0 Å². The van der Waals surface area contributed by atoms with Crippen LogP contribution in [0.1, 0.15) is 35.5 Å². The molecule has 4 nitrogen and oxygen atoms in total. The van der Waals surface area contributed by atoms with Crippen LogP contribution in [0.2, 0.25) is 0 Å². The minimum absolute atomic E-state index is 0.0806. The predicted octanol–water partition coefficient (Wildman–Crippen LogP) is 3.19. The molecule has 0 saturated carbocycles. The fourth-order valence-electron chi connectivity index (χ4n) is 2.44. The van der Waals surface area contributed by atoms with Crippen molar-refractivity contribution >= 4 is 28.6 Å². The van der Waals surface area contributed by atoms with Crippen LogP contribution in [0.4, 0.5) is 0 Å². The van der Waals surface area contributed by atoms with Gasteiger partial charge in [0.05, 0.1) is 5.88 Å². The summed E-state index contributed by atoms with van der Waals surface area (Å²) in [4.78, 5) is 18.5. The van der Waals surface area contributed by atoms with Crippen LogP contribution < -0.4 is 0 Å². The van der Waals surface area contributed by atoms with Crippen molar-refractivity contribution in [3.8, 4) is 0 Å². The number of hydrogen-bond acceptors (Lipinski definition) is 3. The van der Waals surface area contributed by atoms with Gasteiger partial charge in [-0.05, 0) is 37.5 Å². The van der Waals surface area contributed by atoms with Crippen LogP contribution in [0.15, 0.2) is 22.6 Å². The zero-order valence-electron chi connectivity index (χ0n) is 10.6. The Hall–Kier alpha value is -1.55. The second-order valence-electron chi connectivity index (χ2n) is 4.78. The fourth-order valence-corrected chi connectivity index (χ4v) is 2.56. The van der Waals surface area contributed by atoms with E-state index in [9.17, 15) is 4.79 Å². The third-order valence-electron chi connectivity index (χ3n) is 3.44. The molecule has 0 atom stereocenters. The van der Waals surface area contributed by atoms with Crippen molar-refractivity contribution in [1.82, 2.24) is 9.88 Å². The molecule has 1 fully saturated rings. The largest absolute Gasteiger partial charge is 0.439 e. The lowest BCUT2D eigenvalue weighted by atomic mass is 10.1. The maximum Gasteiger partial charge on any atom is 0.253 e. The number of hydrogen-bond donors (Lipinski definition) is 0. The molecule has 5 heteroatoms. The average molecular weight is 279 g/mol. The minimum Gasteiger partial charge on any atom is -0.439 e. The Morgan fingerprint density at radius 2 is 2.11 bits per heavy atom. The molecule has 1 aliphatic heterocycles. The van der Waals surface area contributed by atoms with E-state index in [-0.39, 0.29) is 11.8 Å². The van der Waals surface area contributed by atoms with E-state index in [1.807, 2.05) is 4.90 Å². The van der Waals surface area contributed by atoms with Gasteiger partial charge in [-0.15, -0.1) is 11.6 Å². The molecule has 3 rings (SSSR count). The summed E-state index contributed by atoms with van der Waals surface area (Å²) >= 11 is 5.69. The Bertz CT molecular complexity index is 603. The minimum atomic E-state index is 0.0806. The topological polar surface area (TPSA) is 46.3 Å². The Morgan fingerprint density at radius 3 is 2.84 bits per heavy atom. The Balaban J connectivity index is 1.89. The first-order valence-electron chi connectivity index (χ1n) is 6.52. The van der Waals surface area contributed by atoms with E-state index >= 15 is 0 Å². The molecule has 1 aromatic carbocycles. The quantitative estimate of drug-likeness (QED) is 0.793. The number of alkyl halides is 1. The first-order chi connectivity index (χ1) is 9.28. The van der Waals surface area contributed by atoms with Gasteiger partial charge in [-0.25, -0.2) is 4.98 Å². The van der Waals surface area contributed by atoms with Gasteiger partial charge in [-0.2, -0.15) is 0 Å². The van der Waals surface area contributed by atoms with Gasteiger partial charge in [0.1, 0.15) is 5.52 Å². The van der Waals surface area contributed by atoms with Gasteiger partial charge in [0.25, 0.3) is 5.91 Å². The molecule has 0 unspecified atom stereocenters. The summed E-state index contributed by atoms with van der Waals surface area (Å²) in [7, 11) is 0. The van der Waals surface area contributed by atoms with E-state index < -0.39 is 0 Å². The molecule has 19 heavy (non-hydrogen) atoms. The van der Waals surface area contributed by atoms with Gasteiger partial charge in [0.15, 0.2) is 5.58 Å². The van der Waals surface area contributed by atoms with Crippen molar-refractivity contribution in [2.75, 3.05) is 13.1 Å². The highest BCUT2D eigenvalue weighted by atomic mass is 35.5. The second-order valence-corrected chi connectivity index (χ2v) is 5.04. The number of carbonyl (C=O) groups is 1. The van der Waals surface area contributed by atoms with Crippen LogP contribution in [0.25, 0.3) is 11.1 Å². The normalized spacial score (nSPS) is 15.9. The average Bonchev–Trinajstić information content (AvgIpc) is 2.89. The van der Waals surface area contributed by atoms with Crippen LogP contribution in [0.3, 0.4) is 0 Å². The second kappa shape index (κ2) is 5.21. The summed E-state index contributed by atoms with van der Waals surface area (Å²) in [6.07, 6.45) is 3.40. The van der Waals surface area contributed by atoms with Gasteiger partial charge in [-0.1, -0.05) is 0 Å². The zero-order chi connectivity index (χ0) is 13.2. The van der Waals surface area contributed by atoms with Crippen molar-refractivity contribution in [3.63, 3.8) is 0 Å². The number of fused-ring (bicyclic) bond motifs is 1. The van der Waals surface area contributed by atoms with Gasteiger partial charge in [0, 0.05) is 18.7 Å². The van der Waals surface area contributed by atoms with Crippen molar-refractivity contribution in [2.45, 2.75) is 25.1 Å². The van der Waals surface area contributed by atoms with Crippen LogP contribution >= 0.6 is 11.6 Å². The van der Waals surface area contributed by atoms with E-state index in [1.165, 1.54) is 6.42 Å². The lowest BCUT2D eigenvalue weighted by Gasteiger charge is -2.26. The van der Waals surface area contributed by atoms with E-state index in [0.29, 0.717) is 22.6 Å². The number of rotatable bonds is 2. The van der Waals surface area contributed by atoms with Crippen molar-refractivity contribution in [2.24, 2.45) is 0 Å². The molecule has 1 aliphatic rings. The summed E-state index contributed by atoms with van der Waals surface area (Å²) < 4.78 is 5.43. The highest BCUT2D eigenvalue weighted by Gasteiger charge is 2.19. The number of benzene rings is 1. The molecule has 2 heterocycles. The molecule has 0 spiro atoms. The number of oxazole rings is 1. The number of nitrogens with zero attached hydrogens (tertiary/aromatic N) is 2. The van der Waals surface area contributed by atoms with Crippen molar-refractivity contribution in [1.29, 1.82) is 0 Å². The smallest absolute Gasteiger partial charge is 0.253 e. The van der Waals surface area contributed by atoms with Gasteiger partial charge >= 0.3 is 0 Å². The van der Waals surface area contributed by atoms with E-state index in [0.717, 1.165) is 25.9 Å². The third kappa shape index (κ3) is 2.45. The summed E-state index contributed by atoms with van der Waals surface area (Å²) in [5.74, 6) is 0.806. The van der Waals surface area contributed by atoms with Crippen LogP contribution in [0, 0.1) is 0 Å². The van der Waals surface area contributed by atoms with E-state index in [2.05, 4.69) is 4.98 Å². The van der Waals surface area contributed by atoms with E-state index in [1.54, 1.807) is 18.2 Å². The summed E-state index contributed by atoms with van der Waals surface area (Å²) in [5, 5.41) is 0. The third-order valence-corrected chi connectivity index (χ3v) is 3.67.